The predicted molar refractivity (Wildman–Crippen MR) is 162 cm³/mol. The summed E-state index contributed by atoms with van der Waals surface area (Å²) in [7, 11) is 2.20. The molecule has 0 unspecified atom stereocenters. The second kappa shape index (κ2) is 11.8. The highest BCUT2D eigenvalue weighted by Crippen LogP contribution is 2.38. The van der Waals surface area contributed by atoms with Crippen molar-refractivity contribution in [3.8, 4) is 5.75 Å². The van der Waals surface area contributed by atoms with Gasteiger partial charge >= 0.3 is 0 Å². The van der Waals surface area contributed by atoms with E-state index in [4.69, 9.17) is 14.7 Å². The van der Waals surface area contributed by atoms with Crippen LogP contribution in [0.3, 0.4) is 0 Å². The number of anilines is 4. The SMILES string of the molecule is Cc1cc(Nc2nc(Nc3ccccc3SC(C)C)c3cn[nH]c3n2)c(OC(C)C)cc1C1CCN(C)CC1. The summed E-state index contributed by atoms with van der Waals surface area (Å²) in [6.07, 6.45) is 4.13. The van der Waals surface area contributed by atoms with E-state index in [9.17, 15) is 0 Å². The van der Waals surface area contributed by atoms with Crippen LogP contribution in [0.4, 0.5) is 23.1 Å². The normalized spacial score (nSPS) is 14.9. The number of H-pyrrole nitrogens is 1. The summed E-state index contributed by atoms with van der Waals surface area (Å²) in [5.74, 6) is 2.54. The molecule has 0 amide bonds. The lowest BCUT2D eigenvalue weighted by Gasteiger charge is -2.30. The van der Waals surface area contributed by atoms with Crippen molar-refractivity contribution in [1.29, 1.82) is 0 Å². The van der Waals surface area contributed by atoms with Crippen LogP contribution < -0.4 is 15.4 Å². The molecule has 5 rings (SSSR count). The second-order valence-electron chi connectivity index (χ2n) is 10.9. The molecule has 39 heavy (non-hydrogen) atoms. The molecule has 3 heterocycles. The number of ether oxygens (including phenoxy) is 1. The molecule has 2 aromatic carbocycles. The summed E-state index contributed by atoms with van der Waals surface area (Å²) in [5.41, 5.74) is 5.15. The van der Waals surface area contributed by atoms with Gasteiger partial charge in [0.15, 0.2) is 5.65 Å². The van der Waals surface area contributed by atoms with Crippen LogP contribution in [-0.4, -0.2) is 56.6 Å². The van der Waals surface area contributed by atoms with Gasteiger partial charge in [-0.25, -0.2) is 0 Å². The van der Waals surface area contributed by atoms with Crippen LogP contribution in [0.5, 0.6) is 5.75 Å². The summed E-state index contributed by atoms with van der Waals surface area (Å²) in [6, 6.07) is 12.7. The van der Waals surface area contributed by atoms with Gasteiger partial charge in [0.2, 0.25) is 5.95 Å². The molecular formula is C30H39N7OS. The Kier molecular flexibility index (Phi) is 8.28. The van der Waals surface area contributed by atoms with Crippen LogP contribution in [0.2, 0.25) is 0 Å². The fourth-order valence-corrected chi connectivity index (χ4v) is 5.98. The van der Waals surface area contributed by atoms with Gasteiger partial charge in [0.1, 0.15) is 11.6 Å². The highest BCUT2D eigenvalue weighted by Gasteiger charge is 2.23. The van der Waals surface area contributed by atoms with Crippen molar-refractivity contribution in [3.05, 3.63) is 53.7 Å². The maximum Gasteiger partial charge on any atom is 0.231 e. The first-order chi connectivity index (χ1) is 18.8. The zero-order valence-corrected chi connectivity index (χ0v) is 24.5. The Bertz CT molecular complexity index is 1430. The van der Waals surface area contributed by atoms with Gasteiger partial charge in [-0.15, -0.1) is 11.8 Å². The Labute approximate surface area is 235 Å². The van der Waals surface area contributed by atoms with Gasteiger partial charge in [0.05, 0.1) is 29.1 Å². The van der Waals surface area contributed by atoms with Crippen LogP contribution in [-0.2, 0) is 0 Å². The average molecular weight is 546 g/mol. The number of likely N-dealkylation sites (tertiary alicyclic amines) is 1. The Morgan fingerprint density at radius 3 is 2.54 bits per heavy atom. The molecule has 0 bridgehead atoms. The summed E-state index contributed by atoms with van der Waals surface area (Å²) in [4.78, 5) is 13.2. The summed E-state index contributed by atoms with van der Waals surface area (Å²) in [5, 5.41) is 15.5. The molecule has 9 heteroatoms. The summed E-state index contributed by atoms with van der Waals surface area (Å²) < 4.78 is 6.31. The first-order valence-electron chi connectivity index (χ1n) is 13.8. The highest BCUT2D eigenvalue weighted by molar-refractivity contribution is 8.00. The Morgan fingerprint density at radius 1 is 1.03 bits per heavy atom. The summed E-state index contributed by atoms with van der Waals surface area (Å²) >= 11 is 1.82. The van der Waals surface area contributed by atoms with Gasteiger partial charge in [0, 0.05) is 10.1 Å². The lowest BCUT2D eigenvalue weighted by atomic mass is 9.86. The predicted octanol–water partition coefficient (Wildman–Crippen LogP) is 7.25. The van der Waals surface area contributed by atoms with Gasteiger partial charge in [-0.1, -0.05) is 26.0 Å². The van der Waals surface area contributed by atoms with E-state index in [1.54, 1.807) is 6.20 Å². The van der Waals surface area contributed by atoms with Crippen molar-refractivity contribution in [1.82, 2.24) is 25.1 Å². The molecular weight excluding hydrogens is 506 g/mol. The van der Waals surface area contributed by atoms with Gasteiger partial charge in [-0.05, 0) is 95.1 Å². The van der Waals surface area contributed by atoms with Gasteiger partial charge < -0.3 is 20.3 Å². The highest BCUT2D eigenvalue weighted by atomic mass is 32.2. The largest absolute Gasteiger partial charge is 0.489 e. The minimum atomic E-state index is 0.0433. The average Bonchev–Trinajstić information content (AvgIpc) is 3.36. The van der Waals surface area contributed by atoms with Gasteiger partial charge in [0.25, 0.3) is 0 Å². The van der Waals surface area contributed by atoms with Crippen molar-refractivity contribution in [3.63, 3.8) is 0 Å². The Morgan fingerprint density at radius 2 is 1.79 bits per heavy atom. The van der Waals surface area contributed by atoms with Crippen LogP contribution >= 0.6 is 11.8 Å². The number of hydrogen-bond acceptors (Lipinski definition) is 8. The number of nitrogens with one attached hydrogen (secondary N) is 3. The van der Waals surface area contributed by atoms with E-state index >= 15 is 0 Å². The third kappa shape index (κ3) is 6.47. The third-order valence-electron chi connectivity index (χ3n) is 6.95. The Balaban J connectivity index is 1.49. The van der Waals surface area contributed by atoms with Crippen LogP contribution in [0, 0.1) is 6.92 Å². The fraction of sp³-hybridized carbons (Fsp3) is 0.433. The van der Waals surface area contributed by atoms with Crippen molar-refractivity contribution >= 4 is 45.9 Å². The molecule has 1 aliphatic heterocycles. The molecule has 0 radical (unpaired) electrons. The van der Waals surface area contributed by atoms with Crippen molar-refractivity contribution < 1.29 is 4.74 Å². The van der Waals surface area contributed by atoms with E-state index in [2.05, 4.69) is 97.7 Å². The molecule has 4 aromatic rings. The number of aryl methyl sites for hydroxylation is 1. The minimum absolute atomic E-state index is 0.0433. The van der Waals surface area contributed by atoms with Crippen LogP contribution in [0.15, 0.2) is 47.5 Å². The zero-order chi connectivity index (χ0) is 27.5. The number of fused-ring (bicyclic) bond motifs is 1. The third-order valence-corrected chi connectivity index (χ3v) is 8.03. The van der Waals surface area contributed by atoms with Gasteiger partial charge in [-0.2, -0.15) is 15.1 Å². The molecule has 8 nitrogen and oxygen atoms in total. The fourth-order valence-electron chi connectivity index (χ4n) is 5.07. The lowest BCUT2D eigenvalue weighted by Crippen LogP contribution is -2.29. The number of benzene rings is 2. The topological polar surface area (TPSA) is 91.0 Å². The number of nitrogens with zero attached hydrogens (tertiary/aromatic N) is 4. The molecule has 1 saturated heterocycles. The first-order valence-corrected chi connectivity index (χ1v) is 14.7. The molecule has 1 fully saturated rings. The smallest absolute Gasteiger partial charge is 0.231 e. The van der Waals surface area contributed by atoms with E-state index in [1.165, 1.54) is 16.0 Å². The van der Waals surface area contributed by atoms with E-state index in [0.29, 0.717) is 28.6 Å². The van der Waals surface area contributed by atoms with Crippen molar-refractivity contribution in [2.45, 2.75) is 69.6 Å². The number of hydrogen-bond donors (Lipinski definition) is 3. The monoisotopic (exact) mass is 545 g/mol. The zero-order valence-electron chi connectivity index (χ0n) is 23.7. The van der Waals surface area contributed by atoms with E-state index in [1.807, 2.05) is 17.8 Å². The minimum Gasteiger partial charge on any atom is -0.489 e. The molecule has 1 aliphatic rings. The maximum absolute atomic E-state index is 6.31. The number of piperidine rings is 1. The van der Waals surface area contributed by atoms with Crippen molar-refractivity contribution in [2.24, 2.45) is 0 Å². The molecule has 0 saturated carbocycles. The number of para-hydroxylation sites is 1. The molecule has 2 aromatic heterocycles. The molecule has 3 N–H and O–H groups in total. The van der Waals surface area contributed by atoms with E-state index in [-0.39, 0.29) is 6.10 Å². The number of aromatic nitrogens is 4. The van der Waals surface area contributed by atoms with Crippen LogP contribution in [0.1, 0.15) is 57.6 Å². The molecule has 0 spiro atoms. The maximum atomic E-state index is 6.31. The standard InChI is InChI=1S/C30H39N7OS/c1-18(2)38-26-16-22(21-11-13-37(6)14-12-21)20(5)15-25(26)33-30-34-28(23-17-31-36-29(23)35-30)32-24-9-7-8-10-27(24)39-19(3)4/h7-10,15-19,21H,11-14H2,1-6H3,(H3,31,32,33,34,35,36). The number of rotatable bonds is 9. The first kappa shape index (κ1) is 27.3. The van der Waals surface area contributed by atoms with Crippen LogP contribution in [0.25, 0.3) is 11.0 Å². The summed E-state index contributed by atoms with van der Waals surface area (Å²) in [6.45, 7) is 12.9. The molecule has 0 atom stereocenters. The number of thioether (sulfide) groups is 1. The molecule has 0 aliphatic carbocycles. The van der Waals surface area contributed by atoms with Gasteiger partial charge in [-0.3, -0.25) is 5.10 Å². The second-order valence-corrected chi connectivity index (χ2v) is 12.5. The number of aromatic amines is 1. The Hall–Kier alpha value is -3.30. The lowest BCUT2D eigenvalue weighted by molar-refractivity contribution is 0.241. The quantitative estimate of drug-likeness (QED) is 0.190. The van der Waals surface area contributed by atoms with E-state index in [0.717, 1.165) is 48.4 Å². The van der Waals surface area contributed by atoms with Crippen molar-refractivity contribution in [2.75, 3.05) is 30.8 Å². The molecule has 206 valence electrons. The van der Waals surface area contributed by atoms with E-state index < -0.39 is 0 Å².